The molecule has 1 rings (SSSR count). The fourth-order valence-corrected chi connectivity index (χ4v) is 2.30. The van der Waals surface area contributed by atoms with Gasteiger partial charge in [0.2, 0.25) is 11.8 Å². The van der Waals surface area contributed by atoms with Gasteiger partial charge in [0, 0.05) is 0 Å². The molecule has 0 radical (unpaired) electrons. The van der Waals surface area contributed by atoms with E-state index in [0.717, 1.165) is 0 Å². The third-order valence-corrected chi connectivity index (χ3v) is 3.70. The predicted octanol–water partition coefficient (Wildman–Crippen LogP) is 1.63. The summed E-state index contributed by atoms with van der Waals surface area (Å²) in [5.41, 5.74) is 0.675. The quantitative estimate of drug-likeness (QED) is 0.500. The van der Waals surface area contributed by atoms with Crippen LogP contribution in [0.4, 0.5) is 0 Å². The van der Waals surface area contributed by atoms with Crippen LogP contribution in [0, 0.1) is 0 Å². The van der Waals surface area contributed by atoms with E-state index < -0.39 is 24.0 Å². The zero-order valence-corrected chi connectivity index (χ0v) is 15.8. The molecule has 0 aliphatic heterocycles. The minimum Gasteiger partial charge on any atom is -0.488 e. The highest BCUT2D eigenvalue weighted by atomic mass is 35.5. The maximum atomic E-state index is 12.1. The first-order chi connectivity index (χ1) is 12.3. The SMILES string of the molecule is C=CCOc1ccc(CC(=O)N[C@@H](C)C(=O)N[C@@H](C)C(=O)OC)cc1Cl. The molecule has 142 valence electrons. The van der Waals surface area contributed by atoms with Crippen LogP contribution in [-0.4, -0.2) is 43.6 Å². The maximum Gasteiger partial charge on any atom is 0.328 e. The average molecular weight is 383 g/mol. The number of hydrogen-bond donors (Lipinski definition) is 2. The molecular weight excluding hydrogens is 360 g/mol. The lowest BCUT2D eigenvalue weighted by Gasteiger charge is -2.17. The molecule has 0 saturated heterocycles. The number of amides is 2. The Kier molecular flexibility index (Phi) is 8.64. The third-order valence-electron chi connectivity index (χ3n) is 3.40. The number of halogens is 1. The minimum absolute atomic E-state index is 0.0473. The van der Waals surface area contributed by atoms with Gasteiger partial charge in [-0.2, -0.15) is 0 Å². The number of carbonyl (C=O) groups excluding carboxylic acids is 3. The van der Waals surface area contributed by atoms with Crippen LogP contribution >= 0.6 is 11.6 Å². The van der Waals surface area contributed by atoms with Gasteiger partial charge in [0.25, 0.3) is 0 Å². The maximum absolute atomic E-state index is 12.1. The molecule has 0 spiro atoms. The van der Waals surface area contributed by atoms with E-state index in [1.54, 1.807) is 24.3 Å². The Hall–Kier alpha value is -2.54. The smallest absolute Gasteiger partial charge is 0.328 e. The predicted molar refractivity (Wildman–Crippen MR) is 98.1 cm³/mol. The molecule has 2 N–H and O–H groups in total. The van der Waals surface area contributed by atoms with E-state index in [1.807, 2.05) is 0 Å². The van der Waals surface area contributed by atoms with Gasteiger partial charge in [-0.05, 0) is 31.5 Å². The highest BCUT2D eigenvalue weighted by molar-refractivity contribution is 6.32. The van der Waals surface area contributed by atoms with Crippen molar-refractivity contribution in [3.8, 4) is 5.75 Å². The molecule has 0 aromatic heterocycles. The van der Waals surface area contributed by atoms with E-state index in [9.17, 15) is 14.4 Å². The van der Waals surface area contributed by atoms with Gasteiger partial charge in [-0.3, -0.25) is 9.59 Å². The Morgan fingerprint density at radius 2 is 1.92 bits per heavy atom. The standard InChI is InChI=1S/C18H23ClN2O5/c1-5-8-26-15-7-6-13(9-14(15)19)10-16(22)20-11(2)17(23)21-12(3)18(24)25-4/h5-7,9,11-12H,1,8,10H2,2-4H3,(H,20,22)(H,21,23)/t11-,12-/m0/s1. The van der Waals surface area contributed by atoms with Crippen molar-refractivity contribution in [2.45, 2.75) is 32.4 Å². The van der Waals surface area contributed by atoms with Crippen LogP contribution in [0.5, 0.6) is 5.75 Å². The highest BCUT2D eigenvalue weighted by Crippen LogP contribution is 2.25. The summed E-state index contributed by atoms with van der Waals surface area (Å²) in [5.74, 6) is -0.901. The van der Waals surface area contributed by atoms with Crippen molar-refractivity contribution in [3.63, 3.8) is 0 Å². The van der Waals surface area contributed by atoms with Crippen LogP contribution in [0.1, 0.15) is 19.4 Å². The lowest BCUT2D eigenvalue weighted by atomic mass is 10.1. The first kappa shape index (κ1) is 21.5. The summed E-state index contributed by atoms with van der Waals surface area (Å²) in [6.07, 6.45) is 1.65. The van der Waals surface area contributed by atoms with Crippen LogP contribution in [-0.2, 0) is 25.5 Å². The van der Waals surface area contributed by atoms with E-state index in [0.29, 0.717) is 22.9 Å². The molecule has 2 atom stereocenters. The van der Waals surface area contributed by atoms with E-state index in [2.05, 4.69) is 21.9 Å². The van der Waals surface area contributed by atoms with Crippen molar-refractivity contribution in [1.82, 2.24) is 10.6 Å². The second-order valence-electron chi connectivity index (χ2n) is 5.58. The number of rotatable bonds is 9. The fourth-order valence-electron chi connectivity index (χ4n) is 2.04. The number of carbonyl (C=O) groups is 3. The summed E-state index contributed by atoms with van der Waals surface area (Å²) < 4.78 is 9.90. The molecule has 0 aliphatic carbocycles. The number of hydrogen-bond acceptors (Lipinski definition) is 5. The van der Waals surface area contributed by atoms with Crippen LogP contribution in [0.2, 0.25) is 5.02 Å². The lowest BCUT2D eigenvalue weighted by molar-refractivity contribution is -0.144. The Morgan fingerprint density at radius 1 is 1.23 bits per heavy atom. The summed E-state index contributed by atoms with van der Waals surface area (Å²) in [5, 5.41) is 5.41. The second kappa shape index (κ2) is 10.5. The molecule has 2 amide bonds. The van der Waals surface area contributed by atoms with Gasteiger partial charge in [-0.1, -0.05) is 30.3 Å². The van der Waals surface area contributed by atoms with Crippen molar-refractivity contribution in [2.75, 3.05) is 13.7 Å². The average Bonchev–Trinajstić information content (AvgIpc) is 2.59. The first-order valence-electron chi connectivity index (χ1n) is 7.98. The van der Waals surface area contributed by atoms with E-state index in [-0.39, 0.29) is 12.3 Å². The molecule has 0 bridgehead atoms. The molecule has 1 aromatic carbocycles. The monoisotopic (exact) mass is 382 g/mol. The fraction of sp³-hybridized carbons (Fsp3) is 0.389. The van der Waals surface area contributed by atoms with Gasteiger partial charge >= 0.3 is 5.97 Å². The molecule has 8 heteroatoms. The zero-order valence-electron chi connectivity index (χ0n) is 15.0. The molecule has 26 heavy (non-hydrogen) atoms. The summed E-state index contributed by atoms with van der Waals surface area (Å²) in [7, 11) is 1.23. The van der Waals surface area contributed by atoms with Crippen molar-refractivity contribution >= 4 is 29.4 Å². The highest BCUT2D eigenvalue weighted by Gasteiger charge is 2.21. The molecule has 0 heterocycles. The molecule has 1 aromatic rings. The molecular formula is C18H23ClN2O5. The topological polar surface area (TPSA) is 93.7 Å². The van der Waals surface area contributed by atoms with E-state index >= 15 is 0 Å². The van der Waals surface area contributed by atoms with Crippen molar-refractivity contribution in [1.29, 1.82) is 0 Å². The van der Waals surface area contributed by atoms with E-state index in [4.69, 9.17) is 16.3 Å². The lowest BCUT2D eigenvalue weighted by Crippen LogP contribution is -2.49. The molecule has 0 saturated carbocycles. The Morgan fingerprint density at radius 3 is 2.50 bits per heavy atom. The van der Waals surface area contributed by atoms with Gasteiger partial charge < -0.3 is 20.1 Å². The molecule has 0 unspecified atom stereocenters. The Balaban J connectivity index is 2.57. The Bertz CT molecular complexity index is 678. The van der Waals surface area contributed by atoms with Crippen LogP contribution in [0.15, 0.2) is 30.9 Å². The van der Waals surface area contributed by atoms with Gasteiger partial charge in [0.05, 0.1) is 18.6 Å². The summed E-state index contributed by atoms with van der Waals surface area (Å²) in [6.45, 7) is 6.91. The van der Waals surface area contributed by atoms with E-state index in [1.165, 1.54) is 21.0 Å². The summed E-state index contributed by atoms with van der Waals surface area (Å²) >= 11 is 6.11. The first-order valence-corrected chi connectivity index (χ1v) is 8.36. The molecule has 0 fully saturated rings. The molecule has 0 aliphatic rings. The number of benzene rings is 1. The zero-order chi connectivity index (χ0) is 19.7. The Labute approximate surface area is 157 Å². The number of esters is 1. The third kappa shape index (κ3) is 6.76. The van der Waals surface area contributed by atoms with Gasteiger partial charge in [0.1, 0.15) is 24.4 Å². The van der Waals surface area contributed by atoms with Gasteiger partial charge in [-0.25, -0.2) is 4.79 Å². The van der Waals surface area contributed by atoms with Crippen LogP contribution in [0.25, 0.3) is 0 Å². The number of nitrogens with one attached hydrogen (secondary N) is 2. The van der Waals surface area contributed by atoms with Crippen molar-refractivity contribution in [3.05, 3.63) is 41.4 Å². The van der Waals surface area contributed by atoms with Crippen LogP contribution in [0.3, 0.4) is 0 Å². The summed E-state index contributed by atoms with van der Waals surface area (Å²) in [4.78, 5) is 35.4. The second-order valence-corrected chi connectivity index (χ2v) is 5.99. The number of ether oxygens (including phenoxy) is 2. The summed E-state index contributed by atoms with van der Waals surface area (Å²) in [6, 6.07) is 3.41. The van der Waals surface area contributed by atoms with Gasteiger partial charge in [0.15, 0.2) is 0 Å². The van der Waals surface area contributed by atoms with Gasteiger partial charge in [-0.15, -0.1) is 0 Å². The number of methoxy groups -OCH3 is 1. The van der Waals surface area contributed by atoms with Crippen LogP contribution < -0.4 is 15.4 Å². The van der Waals surface area contributed by atoms with Crippen molar-refractivity contribution < 1.29 is 23.9 Å². The van der Waals surface area contributed by atoms with Crippen molar-refractivity contribution in [2.24, 2.45) is 0 Å². The minimum atomic E-state index is -0.805. The molecule has 7 nitrogen and oxygen atoms in total. The normalized spacial score (nSPS) is 12.5. The largest absolute Gasteiger partial charge is 0.488 e.